The Labute approximate surface area is 100 Å². The highest BCUT2D eigenvalue weighted by atomic mass is 16.5. The number of carbonyl (C=O) groups is 2. The van der Waals surface area contributed by atoms with Crippen molar-refractivity contribution in [2.45, 2.75) is 26.7 Å². The zero-order valence-corrected chi connectivity index (χ0v) is 10.2. The summed E-state index contributed by atoms with van der Waals surface area (Å²) >= 11 is 0. The minimum Gasteiger partial charge on any atom is -0.496 e. The van der Waals surface area contributed by atoms with Crippen LogP contribution >= 0.6 is 0 Å². The fraction of sp³-hybridized carbons (Fsp3) is 0.385. The average molecular weight is 236 g/mol. The van der Waals surface area contributed by atoms with E-state index in [4.69, 9.17) is 9.84 Å². The molecule has 1 aromatic rings. The van der Waals surface area contributed by atoms with Crippen molar-refractivity contribution in [1.82, 2.24) is 0 Å². The minimum absolute atomic E-state index is 0.0342. The highest BCUT2D eigenvalue weighted by molar-refractivity contribution is 6.00. The van der Waals surface area contributed by atoms with Gasteiger partial charge in [-0.25, -0.2) is 4.79 Å². The largest absolute Gasteiger partial charge is 0.496 e. The summed E-state index contributed by atoms with van der Waals surface area (Å²) in [6.45, 7) is 3.64. The second-order valence-electron chi connectivity index (χ2n) is 3.85. The zero-order chi connectivity index (χ0) is 13.0. The lowest BCUT2D eigenvalue weighted by Crippen LogP contribution is -2.07. The second kappa shape index (κ2) is 5.48. The summed E-state index contributed by atoms with van der Waals surface area (Å²) in [4.78, 5) is 22.8. The number of rotatable bonds is 5. The van der Waals surface area contributed by atoms with Gasteiger partial charge in [-0.3, -0.25) is 4.79 Å². The van der Waals surface area contributed by atoms with Crippen LogP contribution in [0.3, 0.4) is 0 Å². The molecular weight excluding hydrogens is 220 g/mol. The molecule has 0 saturated carbocycles. The number of methoxy groups -OCH3 is 1. The number of aromatic carboxylic acids is 1. The number of hydrogen-bond donors (Lipinski definition) is 1. The van der Waals surface area contributed by atoms with Crippen molar-refractivity contribution in [3.05, 3.63) is 28.8 Å². The number of ether oxygens (including phenoxy) is 1. The molecule has 17 heavy (non-hydrogen) atoms. The minimum atomic E-state index is -1.09. The molecule has 4 heteroatoms. The Bertz CT molecular complexity index is 449. The number of hydrogen-bond acceptors (Lipinski definition) is 3. The van der Waals surface area contributed by atoms with Crippen molar-refractivity contribution in [1.29, 1.82) is 0 Å². The van der Waals surface area contributed by atoms with Crippen LogP contribution in [0, 0.1) is 6.92 Å². The van der Waals surface area contributed by atoms with E-state index in [-0.39, 0.29) is 11.3 Å². The molecule has 0 amide bonds. The van der Waals surface area contributed by atoms with Gasteiger partial charge in [0.25, 0.3) is 0 Å². The molecule has 0 unspecified atom stereocenters. The van der Waals surface area contributed by atoms with Gasteiger partial charge in [0.05, 0.1) is 7.11 Å². The molecule has 0 saturated heterocycles. The fourth-order valence-corrected chi connectivity index (χ4v) is 1.74. The molecule has 0 aliphatic heterocycles. The summed E-state index contributed by atoms with van der Waals surface area (Å²) in [5.41, 5.74) is 1.13. The maximum Gasteiger partial charge on any atom is 0.339 e. The Morgan fingerprint density at radius 1 is 1.35 bits per heavy atom. The van der Waals surface area contributed by atoms with Gasteiger partial charge in [0.2, 0.25) is 0 Å². The Hall–Kier alpha value is -1.84. The molecule has 0 aromatic heterocycles. The van der Waals surface area contributed by atoms with E-state index < -0.39 is 5.97 Å². The molecule has 1 N–H and O–H groups in total. The maximum absolute atomic E-state index is 11.7. The smallest absolute Gasteiger partial charge is 0.339 e. The van der Waals surface area contributed by atoms with E-state index in [1.807, 2.05) is 6.92 Å². The van der Waals surface area contributed by atoms with Crippen LogP contribution in [0.1, 0.15) is 46.0 Å². The van der Waals surface area contributed by atoms with Crippen LogP contribution in [0.25, 0.3) is 0 Å². The van der Waals surface area contributed by atoms with Crippen molar-refractivity contribution >= 4 is 11.8 Å². The summed E-state index contributed by atoms with van der Waals surface area (Å²) in [6.07, 6.45) is 1.16. The number of aryl methyl sites for hydroxylation is 1. The first kappa shape index (κ1) is 13.2. The maximum atomic E-state index is 11.7. The first-order valence-corrected chi connectivity index (χ1v) is 5.46. The number of carboxylic acids is 1. The molecule has 4 nitrogen and oxygen atoms in total. The summed E-state index contributed by atoms with van der Waals surface area (Å²) in [5, 5.41) is 9.07. The van der Waals surface area contributed by atoms with Gasteiger partial charge in [0, 0.05) is 12.0 Å². The number of ketones is 1. The van der Waals surface area contributed by atoms with Crippen molar-refractivity contribution in [3.63, 3.8) is 0 Å². The van der Waals surface area contributed by atoms with E-state index in [2.05, 4.69) is 0 Å². The molecule has 92 valence electrons. The van der Waals surface area contributed by atoms with Crippen LogP contribution < -0.4 is 4.74 Å². The molecule has 0 spiro atoms. The summed E-state index contributed by atoms with van der Waals surface area (Å²) in [6, 6.07) is 3.05. The molecule has 0 atom stereocenters. The van der Waals surface area contributed by atoms with Crippen LogP contribution in [-0.2, 0) is 0 Å². The van der Waals surface area contributed by atoms with Gasteiger partial charge in [-0.15, -0.1) is 0 Å². The molecular formula is C13H16O4. The lowest BCUT2D eigenvalue weighted by molar-refractivity contribution is 0.0693. The highest BCUT2D eigenvalue weighted by Crippen LogP contribution is 2.26. The van der Waals surface area contributed by atoms with E-state index in [1.165, 1.54) is 13.2 Å². The van der Waals surface area contributed by atoms with E-state index in [0.717, 1.165) is 6.42 Å². The lowest BCUT2D eigenvalue weighted by atomic mass is 10.00. The van der Waals surface area contributed by atoms with Gasteiger partial charge in [0.1, 0.15) is 11.3 Å². The highest BCUT2D eigenvalue weighted by Gasteiger charge is 2.17. The summed E-state index contributed by atoms with van der Waals surface area (Å²) < 4.78 is 5.04. The molecule has 0 heterocycles. The molecule has 0 fully saturated rings. The van der Waals surface area contributed by atoms with Crippen LogP contribution in [-0.4, -0.2) is 24.0 Å². The number of carbonyl (C=O) groups excluding carboxylic acids is 1. The van der Waals surface area contributed by atoms with Crippen molar-refractivity contribution in [2.75, 3.05) is 7.11 Å². The SMILES string of the molecule is CCCC(=O)c1cc(C)c(OC)c(C(=O)O)c1. The van der Waals surface area contributed by atoms with Gasteiger partial charge in [0.15, 0.2) is 5.78 Å². The van der Waals surface area contributed by atoms with Gasteiger partial charge >= 0.3 is 5.97 Å². The number of Topliss-reactive ketones (excluding diaryl/α,β-unsaturated/α-hetero) is 1. The van der Waals surface area contributed by atoms with Crippen LogP contribution in [0.4, 0.5) is 0 Å². The summed E-state index contributed by atoms with van der Waals surface area (Å²) in [7, 11) is 1.42. The van der Waals surface area contributed by atoms with Gasteiger partial charge in [-0.1, -0.05) is 6.92 Å². The third kappa shape index (κ3) is 2.84. The predicted molar refractivity (Wildman–Crippen MR) is 63.9 cm³/mol. The Kier molecular flexibility index (Phi) is 4.26. The molecule has 0 bridgehead atoms. The van der Waals surface area contributed by atoms with Gasteiger partial charge in [-0.05, 0) is 31.0 Å². The topological polar surface area (TPSA) is 63.6 Å². The first-order chi connectivity index (χ1) is 8.01. The van der Waals surface area contributed by atoms with Crippen LogP contribution in [0.15, 0.2) is 12.1 Å². The third-order valence-corrected chi connectivity index (χ3v) is 2.51. The van der Waals surface area contributed by atoms with E-state index in [0.29, 0.717) is 23.3 Å². The summed E-state index contributed by atoms with van der Waals surface area (Å²) in [5.74, 6) is -0.817. The van der Waals surface area contributed by atoms with Crippen LogP contribution in [0.2, 0.25) is 0 Å². The molecule has 1 rings (SSSR count). The molecule has 0 radical (unpaired) electrons. The number of carboxylic acid groups (broad SMARTS) is 1. The van der Waals surface area contributed by atoms with Crippen LogP contribution in [0.5, 0.6) is 5.75 Å². The molecule has 0 aliphatic carbocycles. The van der Waals surface area contributed by atoms with E-state index in [9.17, 15) is 9.59 Å². The second-order valence-corrected chi connectivity index (χ2v) is 3.85. The lowest BCUT2D eigenvalue weighted by Gasteiger charge is -2.10. The van der Waals surface area contributed by atoms with E-state index in [1.54, 1.807) is 13.0 Å². The third-order valence-electron chi connectivity index (χ3n) is 2.51. The fourth-order valence-electron chi connectivity index (χ4n) is 1.74. The van der Waals surface area contributed by atoms with Crippen molar-refractivity contribution in [2.24, 2.45) is 0 Å². The number of benzene rings is 1. The molecule has 1 aromatic carbocycles. The average Bonchev–Trinajstić information content (AvgIpc) is 2.28. The monoisotopic (exact) mass is 236 g/mol. The Morgan fingerprint density at radius 2 is 2.00 bits per heavy atom. The van der Waals surface area contributed by atoms with Crippen molar-refractivity contribution < 1.29 is 19.4 Å². The normalized spacial score (nSPS) is 10.1. The predicted octanol–water partition coefficient (Wildman–Crippen LogP) is 2.68. The van der Waals surface area contributed by atoms with E-state index >= 15 is 0 Å². The molecule has 0 aliphatic rings. The Balaban J connectivity index is 3.29. The van der Waals surface area contributed by atoms with Gasteiger partial charge in [-0.2, -0.15) is 0 Å². The van der Waals surface area contributed by atoms with Gasteiger partial charge < -0.3 is 9.84 Å². The first-order valence-electron chi connectivity index (χ1n) is 5.46. The standard InChI is InChI=1S/C13H16O4/c1-4-5-11(14)9-6-8(2)12(17-3)10(7-9)13(15)16/h6-7H,4-5H2,1-3H3,(H,15,16). The van der Waals surface area contributed by atoms with Crippen molar-refractivity contribution in [3.8, 4) is 5.75 Å². The zero-order valence-electron chi connectivity index (χ0n) is 10.2. The quantitative estimate of drug-likeness (QED) is 0.798. The Morgan fingerprint density at radius 3 is 2.47 bits per heavy atom.